The Labute approximate surface area is 120 Å². The summed E-state index contributed by atoms with van der Waals surface area (Å²) in [5, 5.41) is 0. The molecule has 2 heterocycles. The fourth-order valence-electron chi connectivity index (χ4n) is 3.54. The van der Waals surface area contributed by atoms with Gasteiger partial charge in [-0.2, -0.15) is 0 Å². The van der Waals surface area contributed by atoms with Crippen LogP contribution in [0.5, 0.6) is 0 Å². The first-order valence-electron chi connectivity index (χ1n) is 7.43. The largest absolute Gasteiger partial charge is 0.469 e. The normalized spacial score (nSPS) is 33.2. The fourth-order valence-corrected chi connectivity index (χ4v) is 3.54. The lowest BCUT2D eigenvalue weighted by atomic mass is 9.87. The molecule has 2 saturated heterocycles. The van der Waals surface area contributed by atoms with E-state index in [1.165, 1.54) is 7.11 Å². The molecule has 0 amide bonds. The first-order chi connectivity index (χ1) is 9.43. The molecule has 0 saturated carbocycles. The summed E-state index contributed by atoms with van der Waals surface area (Å²) in [6.45, 7) is 3.97. The fraction of sp³-hybridized carbons (Fsp3) is 0.867. The van der Waals surface area contributed by atoms with Gasteiger partial charge in [-0.3, -0.25) is 14.5 Å². The molecule has 0 radical (unpaired) electrons. The Morgan fingerprint density at radius 2 is 2.00 bits per heavy atom. The standard InChI is InChI=1S/C15H25NO4/c1-9(2)7-13(17)20-12-8-10-5-6-11(16(10)3)14(12)15(18)19-4/h9-12,14H,5-8H2,1-4H3/t10-,11+,12-,14+/m0/s1. The molecule has 20 heavy (non-hydrogen) atoms. The van der Waals surface area contributed by atoms with Gasteiger partial charge in [0.05, 0.1) is 7.11 Å². The molecule has 0 aliphatic carbocycles. The zero-order valence-corrected chi connectivity index (χ0v) is 12.8. The third kappa shape index (κ3) is 2.97. The second-order valence-corrected chi connectivity index (χ2v) is 6.37. The van der Waals surface area contributed by atoms with Gasteiger partial charge in [-0.1, -0.05) is 13.8 Å². The summed E-state index contributed by atoms with van der Waals surface area (Å²) in [6.07, 6.45) is 2.83. The van der Waals surface area contributed by atoms with Gasteiger partial charge in [0.2, 0.25) is 0 Å². The van der Waals surface area contributed by atoms with E-state index in [4.69, 9.17) is 9.47 Å². The van der Waals surface area contributed by atoms with Crippen LogP contribution >= 0.6 is 0 Å². The van der Waals surface area contributed by atoms with Crippen molar-refractivity contribution in [3.63, 3.8) is 0 Å². The number of methoxy groups -OCH3 is 1. The van der Waals surface area contributed by atoms with Crippen LogP contribution in [0.2, 0.25) is 0 Å². The predicted molar refractivity (Wildman–Crippen MR) is 74.0 cm³/mol. The summed E-state index contributed by atoms with van der Waals surface area (Å²) in [4.78, 5) is 26.2. The van der Waals surface area contributed by atoms with Gasteiger partial charge in [-0.05, 0) is 25.8 Å². The lowest BCUT2D eigenvalue weighted by molar-refractivity contribution is -0.168. The minimum atomic E-state index is -0.347. The van der Waals surface area contributed by atoms with E-state index in [9.17, 15) is 9.59 Å². The summed E-state index contributed by atoms with van der Waals surface area (Å²) in [7, 11) is 3.45. The van der Waals surface area contributed by atoms with Crippen molar-refractivity contribution in [1.29, 1.82) is 0 Å². The third-order valence-corrected chi connectivity index (χ3v) is 4.55. The van der Waals surface area contributed by atoms with Crippen molar-refractivity contribution < 1.29 is 19.1 Å². The second-order valence-electron chi connectivity index (χ2n) is 6.37. The molecule has 2 bridgehead atoms. The van der Waals surface area contributed by atoms with Crippen LogP contribution in [-0.4, -0.2) is 49.2 Å². The quantitative estimate of drug-likeness (QED) is 0.734. The molecule has 2 aliphatic heterocycles. The van der Waals surface area contributed by atoms with E-state index in [0.717, 1.165) is 19.3 Å². The molecule has 4 atom stereocenters. The minimum Gasteiger partial charge on any atom is -0.469 e. The monoisotopic (exact) mass is 283 g/mol. The van der Waals surface area contributed by atoms with Crippen molar-refractivity contribution >= 4 is 11.9 Å². The summed E-state index contributed by atoms with van der Waals surface area (Å²) < 4.78 is 10.5. The van der Waals surface area contributed by atoms with Gasteiger partial charge in [0.1, 0.15) is 12.0 Å². The van der Waals surface area contributed by atoms with E-state index >= 15 is 0 Å². The van der Waals surface area contributed by atoms with Crippen molar-refractivity contribution in [3.05, 3.63) is 0 Å². The van der Waals surface area contributed by atoms with Gasteiger partial charge in [0.15, 0.2) is 0 Å². The topological polar surface area (TPSA) is 55.8 Å². The van der Waals surface area contributed by atoms with Crippen LogP contribution in [0.1, 0.15) is 39.5 Å². The average molecular weight is 283 g/mol. The first-order valence-corrected chi connectivity index (χ1v) is 7.43. The molecular weight excluding hydrogens is 258 g/mol. The molecule has 2 rings (SSSR count). The number of piperidine rings is 1. The van der Waals surface area contributed by atoms with Gasteiger partial charge < -0.3 is 9.47 Å². The van der Waals surface area contributed by atoms with Crippen LogP contribution in [0, 0.1) is 11.8 Å². The second kappa shape index (κ2) is 6.12. The molecule has 114 valence electrons. The number of ether oxygens (including phenoxy) is 2. The van der Waals surface area contributed by atoms with Crippen molar-refractivity contribution in [1.82, 2.24) is 4.90 Å². The molecule has 5 nitrogen and oxygen atoms in total. The predicted octanol–water partition coefficient (Wildman–Crippen LogP) is 1.60. The number of carbonyl (C=O) groups is 2. The summed E-state index contributed by atoms with van der Waals surface area (Å²) in [5.74, 6) is -0.547. The number of rotatable bonds is 4. The van der Waals surface area contributed by atoms with Crippen LogP contribution in [-0.2, 0) is 19.1 Å². The van der Waals surface area contributed by atoms with Gasteiger partial charge >= 0.3 is 11.9 Å². The lowest BCUT2D eigenvalue weighted by Crippen LogP contribution is -2.53. The van der Waals surface area contributed by atoms with Crippen molar-refractivity contribution in [2.75, 3.05) is 14.2 Å². The SMILES string of the molecule is COC(=O)[C@H]1[C@@H](OC(=O)CC(C)C)C[C@@H]2CC[C@H]1N2C. The first kappa shape index (κ1) is 15.3. The highest BCUT2D eigenvalue weighted by atomic mass is 16.6. The third-order valence-electron chi connectivity index (χ3n) is 4.55. The maximum Gasteiger partial charge on any atom is 0.314 e. The lowest BCUT2D eigenvalue weighted by Gasteiger charge is -2.40. The number of carbonyl (C=O) groups excluding carboxylic acids is 2. The maximum atomic E-state index is 12.1. The highest BCUT2D eigenvalue weighted by Gasteiger charge is 2.50. The Morgan fingerprint density at radius 3 is 2.60 bits per heavy atom. The number of nitrogens with zero attached hydrogens (tertiary/aromatic N) is 1. The number of esters is 2. The number of hydrogen-bond acceptors (Lipinski definition) is 5. The van der Waals surface area contributed by atoms with Crippen molar-refractivity contribution in [2.45, 2.75) is 57.7 Å². The van der Waals surface area contributed by atoms with Crippen LogP contribution in [0.15, 0.2) is 0 Å². The molecular formula is C15H25NO4. The molecule has 0 aromatic carbocycles. The minimum absolute atomic E-state index is 0.137. The Morgan fingerprint density at radius 1 is 1.30 bits per heavy atom. The van der Waals surface area contributed by atoms with E-state index in [-0.39, 0.29) is 35.9 Å². The molecule has 5 heteroatoms. The highest BCUT2D eigenvalue weighted by molar-refractivity contribution is 5.76. The smallest absolute Gasteiger partial charge is 0.314 e. The van der Waals surface area contributed by atoms with Crippen LogP contribution in [0.3, 0.4) is 0 Å². The van der Waals surface area contributed by atoms with Crippen molar-refractivity contribution in [3.8, 4) is 0 Å². The van der Waals surface area contributed by atoms with E-state index in [1.807, 2.05) is 20.9 Å². The molecule has 2 fully saturated rings. The van der Waals surface area contributed by atoms with E-state index in [0.29, 0.717) is 12.5 Å². The molecule has 0 N–H and O–H groups in total. The van der Waals surface area contributed by atoms with Crippen LogP contribution in [0.25, 0.3) is 0 Å². The van der Waals surface area contributed by atoms with E-state index in [2.05, 4.69) is 4.90 Å². The van der Waals surface area contributed by atoms with E-state index in [1.54, 1.807) is 0 Å². The summed E-state index contributed by atoms with van der Waals surface area (Å²) in [6, 6.07) is 0.552. The zero-order valence-electron chi connectivity index (χ0n) is 12.8. The zero-order chi connectivity index (χ0) is 14.9. The van der Waals surface area contributed by atoms with Gasteiger partial charge in [0.25, 0.3) is 0 Å². The Balaban J connectivity index is 2.09. The number of fused-ring (bicyclic) bond motifs is 2. The Hall–Kier alpha value is -1.10. The molecule has 0 aromatic rings. The summed E-state index contributed by atoms with van der Waals surface area (Å²) in [5.41, 5.74) is 0. The number of hydrogen-bond donors (Lipinski definition) is 0. The molecule has 2 aliphatic rings. The average Bonchev–Trinajstić information content (AvgIpc) is 2.61. The van der Waals surface area contributed by atoms with Gasteiger partial charge in [-0.15, -0.1) is 0 Å². The Kier molecular flexibility index (Phi) is 4.68. The van der Waals surface area contributed by atoms with Gasteiger partial charge in [0, 0.05) is 24.9 Å². The van der Waals surface area contributed by atoms with Crippen LogP contribution < -0.4 is 0 Å². The molecule has 0 aromatic heterocycles. The molecule has 0 spiro atoms. The van der Waals surface area contributed by atoms with Gasteiger partial charge in [-0.25, -0.2) is 0 Å². The van der Waals surface area contributed by atoms with E-state index < -0.39 is 0 Å². The summed E-state index contributed by atoms with van der Waals surface area (Å²) >= 11 is 0. The van der Waals surface area contributed by atoms with Crippen LogP contribution in [0.4, 0.5) is 0 Å². The molecule has 0 unspecified atom stereocenters. The Bertz CT molecular complexity index is 382. The highest BCUT2D eigenvalue weighted by Crippen LogP contribution is 2.40. The van der Waals surface area contributed by atoms with Crippen molar-refractivity contribution in [2.24, 2.45) is 11.8 Å². The maximum absolute atomic E-state index is 12.1.